The van der Waals surface area contributed by atoms with Gasteiger partial charge in [0.15, 0.2) is 0 Å². The molecule has 0 aromatic heterocycles. The predicted molar refractivity (Wildman–Crippen MR) is 118 cm³/mol. The van der Waals surface area contributed by atoms with Gasteiger partial charge in [-0.2, -0.15) is 0 Å². The van der Waals surface area contributed by atoms with E-state index in [-0.39, 0.29) is 24.3 Å². The molecule has 0 atom stereocenters. The SMILES string of the molecule is COCCCNC(=O)c1ccc(NCC(=O)Nc2ccc(N(C)C(C)=O)cc2)cc1. The zero-order chi connectivity index (χ0) is 21.9. The van der Waals surface area contributed by atoms with E-state index in [1.54, 1.807) is 62.7 Å². The Bertz CT molecular complexity index is 850. The van der Waals surface area contributed by atoms with Crippen molar-refractivity contribution in [2.24, 2.45) is 0 Å². The van der Waals surface area contributed by atoms with Crippen molar-refractivity contribution in [1.82, 2.24) is 5.32 Å². The van der Waals surface area contributed by atoms with Crippen LogP contribution in [0.2, 0.25) is 0 Å². The van der Waals surface area contributed by atoms with Crippen LogP contribution < -0.4 is 20.9 Å². The minimum atomic E-state index is -0.206. The molecule has 3 amide bonds. The van der Waals surface area contributed by atoms with Gasteiger partial charge in [-0.05, 0) is 55.0 Å². The van der Waals surface area contributed by atoms with Crippen molar-refractivity contribution < 1.29 is 19.1 Å². The summed E-state index contributed by atoms with van der Waals surface area (Å²) >= 11 is 0. The van der Waals surface area contributed by atoms with E-state index in [1.165, 1.54) is 11.8 Å². The van der Waals surface area contributed by atoms with Crippen LogP contribution in [0.5, 0.6) is 0 Å². The summed E-state index contributed by atoms with van der Waals surface area (Å²) in [5.41, 5.74) is 2.68. The van der Waals surface area contributed by atoms with E-state index in [1.807, 2.05) is 0 Å². The van der Waals surface area contributed by atoms with E-state index >= 15 is 0 Å². The standard InChI is InChI=1S/C22H28N4O4/c1-16(27)26(2)20-11-9-19(10-12-20)25-21(28)15-24-18-7-5-17(6-8-18)22(29)23-13-4-14-30-3/h5-12,24H,4,13-15H2,1-3H3,(H,23,29)(H,25,28). The second-order valence-electron chi connectivity index (χ2n) is 6.71. The second-order valence-corrected chi connectivity index (χ2v) is 6.71. The molecule has 0 saturated carbocycles. The van der Waals surface area contributed by atoms with Crippen LogP contribution in [0.1, 0.15) is 23.7 Å². The number of ether oxygens (including phenoxy) is 1. The van der Waals surface area contributed by atoms with Gasteiger partial charge in [0.2, 0.25) is 11.8 Å². The lowest BCUT2D eigenvalue weighted by molar-refractivity contribution is -0.116. The van der Waals surface area contributed by atoms with Gasteiger partial charge in [-0.1, -0.05) is 0 Å². The van der Waals surface area contributed by atoms with Crippen LogP contribution in [0, 0.1) is 0 Å². The van der Waals surface area contributed by atoms with Crippen LogP contribution in [0.25, 0.3) is 0 Å². The number of methoxy groups -OCH3 is 1. The molecule has 0 aliphatic heterocycles. The highest BCUT2D eigenvalue weighted by Crippen LogP contribution is 2.17. The molecule has 0 unspecified atom stereocenters. The highest BCUT2D eigenvalue weighted by Gasteiger charge is 2.08. The first kappa shape index (κ1) is 22.9. The van der Waals surface area contributed by atoms with Crippen LogP contribution in [0.15, 0.2) is 48.5 Å². The normalized spacial score (nSPS) is 10.2. The average molecular weight is 412 g/mol. The van der Waals surface area contributed by atoms with Gasteiger partial charge < -0.3 is 25.6 Å². The first-order valence-electron chi connectivity index (χ1n) is 9.66. The lowest BCUT2D eigenvalue weighted by Crippen LogP contribution is -2.25. The van der Waals surface area contributed by atoms with Gasteiger partial charge in [-0.25, -0.2) is 0 Å². The van der Waals surface area contributed by atoms with Crippen LogP contribution in [-0.4, -0.2) is 51.6 Å². The van der Waals surface area contributed by atoms with E-state index in [9.17, 15) is 14.4 Å². The third-order valence-electron chi connectivity index (χ3n) is 4.42. The molecular formula is C22H28N4O4. The largest absolute Gasteiger partial charge is 0.385 e. The number of carbonyl (C=O) groups is 3. The number of amides is 3. The summed E-state index contributed by atoms with van der Waals surface area (Å²) in [7, 11) is 3.31. The molecule has 0 bridgehead atoms. The molecule has 0 aliphatic carbocycles. The topological polar surface area (TPSA) is 99.8 Å². The molecule has 0 spiro atoms. The second kappa shape index (κ2) is 11.6. The third-order valence-corrected chi connectivity index (χ3v) is 4.42. The van der Waals surface area contributed by atoms with Crippen LogP contribution >= 0.6 is 0 Å². The third kappa shape index (κ3) is 7.21. The summed E-state index contributed by atoms with van der Waals surface area (Å²) in [5.74, 6) is -0.414. The number of nitrogens with zero attached hydrogens (tertiary/aromatic N) is 1. The zero-order valence-corrected chi connectivity index (χ0v) is 17.5. The maximum Gasteiger partial charge on any atom is 0.251 e. The van der Waals surface area contributed by atoms with Crippen molar-refractivity contribution in [2.75, 3.05) is 49.4 Å². The summed E-state index contributed by atoms with van der Waals surface area (Å²) in [6, 6.07) is 13.9. The minimum absolute atomic E-state index is 0.0643. The minimum Gasteiger partial charge on any atom is -0.385 e. The number of hydrogen-bond donors (Lipinski definition) is 3. The fourth-order valence-electron chi connectivity index (χ4n) is 2.60. The molecule has 0 aliphatic rings. The fraction of sp³-hybridized carbons (Fsp3) is 0.318. The first-order chi connectivity index (χ1) is 14.4. The Hall–Kier alpha value is -3.39. The summed E-state index contributed by atoms with van der Waals surface area (Å²) in [6.45, 7) is 2.73. The molecule has 30 heavy (non-hydrogen) atoms. The quantitative estimate of drug-likeness (QED) is 0.521. The van der Waals surface area contributed by atoms with Crippen LogP contribution in [0.3, 0.4) is 0 Å². The molecule has 8 nitrogen and oxygen atoms in total. The molecule has 0 radical (unpaired) electrons. The Balaban J connectivity index is 1.79. The number of rotatable bonds is 10. The van der Waals surface area contributed by atoms with Crippen molar-refractivity contribution in [3.8, 4) is 0 Å². The highest BCUT2D eigenvalue weighted by molar-refractivity contribution is 5.96. The lowest BCUT2D eigenvalue weighted by atomic mass is 10.2. The Labute approximate surface area is 176 Å². The lowest BCUT2D eigenvalue weighted by Gasteiger charge is -2.15. The van der Waals surface area contributed by atoms with Gasteiger partial charge in [-0.15, -0.1) is 0 Å². The van der Waals surface area contributed by atoms with Crippen molar-refractivity contribution in [3.63, 3.8) is 0 Å². The van der Waals surface area contributed by atoms with Crippen molar-refractivity contribution in [1.29, 1.82) is 0 Å². The van der Waals surface area contributed by atoms with Crippen molar-refractivity contribution in [2.45, 2.75) is 13.3 Å². The summed E-state index contributed by atoms with van der Waals surface area (Å²) in [4.78, 5) is 37.1. The molecule has 2 aromatic carbocycles. The monoisotopic (exact) mass is 412 g/mol. The van der Waals surface area contributed by atoms with E-state index in [0.29, 0.717) is 24.4 Å². The van der Waals surface area contributed by atoms with Gasteiger partial charge in [0.1, 0.15) is 0 Å². The maximum atomic E-state index is 12.1. The molecule has 8 heteroatoms. The van der Waals surface area contributed by atoms with Gasteiger partial charge in [0, 0.05) is 56.9 Å². The highest BCUT2D eigenvalue weighted by atomic mass is 16.5. The smallest absolute Gasteiger partial charge is 0.251 e. The van der Waals surface area contributed by atoms with Crippen LogP contribution in [-0.2, 0) is 14.3 Å². The number of benzene rings is 2. The zero-order valence-electron chi connectivity index (χ0n) is 17.5. The van der Waals surface area contributed by atoms with Gasteiger partial charge in [0.25, 0.3) is 5.91 Å². The predicted octanol–water partition coefficient (Wildman–Crippen LogP) is 2.49. The number of hydrogen-bond acceptors (Lipinski definition) is 5. The summed E-state index contributed by atoms with van der Waals surface area (Å²) in [6.07, 6.45) is 0.757. The molecule has 0 heterocycles. The van der Waals surface area contributed by atoms with Crippen LogP contribution in [0.4, 0.5) is 17.1 Å². The Morgan fingerprint density at radius 2 is 1.60 bits per heavy atom. The molecule has 3 N–H and O–H groups in total. The number of carbonyl (C=O) groups excluding carboxylic acids is 3. The molecule has 0 saturated heterocycles. The van der Waals surface area contributed by atoms with E-state index < -0.39 is 0 Å². The first-order valence-corrected chi connectivity index (χ1v) is 9.66. The van der Waals surface area contributed by atoms with Gasteiger partial charge in [-0.3, -0.25) is 14.4 Å². The molecular weight excluding hydrogens is 384 g/mol. The fourth-order valence-corrected chi connectivity index (χ4v) is 2.60. The summed E-state index contributed by atoms with van der Waals surface area (Å²) < 4.78 is 4.95. The average Bonchev–Trinajstić information content (AvgIpc) is 2.75. The van der Waals surface area contributed by atoms with Crippen molar-refractivity contribution in [3.05, 3.63) is 54.1 Å². The molecule has 2 rings (SSSR count). The number of nitrogens with one attached hydrogen (secondary N) is 3. The molecule has 2 aromatic rings. The van der Waals surface area contributed by atoms with E-state index in [0.717, 1.165) is 17.8 Å². The Morgan fingerprint density at radius 1 is 0.967 bits per heavy atom. The molecule has 0 fully saturated rings. The Morgan fingerprint density at radius 3 is 2.20 bits per heavy atom. The Kier molecular flexibility index (Phi) is 8.83. The summed E-state index contributed by atoms with van der Waals surface area (Å²) in [5, 5.41) is 8.64. The van der Waals surface area contributed by atoms with Crippen molar-refractivity contribution >= 4 is 34.8 Å². The number of anilines is 3. The van der Waals surface area contributed by atoms with Gasteiger partial charge >= 0.3 is 0 Å². The molecule has 160 valence electrons. The van der Waals surface area contributed by atoms with Gasteiger partial charge in [0.05, 0.1) is 6.54 Å². The maximum absolute atomic E-state index is 12.1. The van der Waals surface area contributed by atoms with E-state index in [2.05, 4.69) is 16.0 Å². The van der Waals surface area contributed by atoms with E-state index in [4.69, 9.17) is 4.74 Å².